The average molecular weight is 877 g/mol. The van der Waals surface area contributed by atoms with E-state index in [-0.39, 0.29) is 31.1 Å². The summed E-state index contributed by atoms with van der Waals surface area (Å²) in [7, 11) is 0. The Morgan fingerprint density at radius 3 is 0.839 bits per heavy atom. The number of hydrogen-bond donors (Lipinski definition) is 0. The zero-order valence-electron chi connectivity index (χ0n) is 42.7. The van der Waals surface area contributed by atoms with Crippen molar-refractivity contribution >= 4 is 17.9 Å². The molecule has 0 bridgehead atoms. The van der Waals surface area contributed by atoms with Crippen LogP contribution in [0.1, 0.15) is 305 Å². The second-order valence-electron chi connectivity index (χ2n) is 20.4. The van der Waals surface area contributed by atoms with Gasteiger partial charge in [0, 0.05) is 19.3 Å². The topological polar surface area (TPSA) is 78.9 Å². The molecule has 0 saturated heterocycles. The van der Waals surface area contributed by atoms with Gasteiger partial charge in [0.25, 0.3) is 0 Å². The first-order valence-corrected chi connectivity index (χ1v) is 27.6. The molecule has 0 spiro atoms. The lowest BCUT2D eigenvalue weighted by atomic mass is 9.99. The highest BCUT2D eigenvalue weighted by Crippen LogP contribution is 2.18. The Kier molecular flexibility index (Phi) is 46.2. The van der Waals surface area contributed by atoms with Crippen molar-refractivity contribution in [1.82, 2.24) is 0 Å². The van der Waals surface area contributed by atoms with Crippen LogP contribution >= 0.6 is 0 Å². The third kappa shape index (κ3) is 47.9. The van der Waals surface area contributed by atoms with E-state index in [0.29, 0.717) is 19.3 Å². The van der Waals surface area contributed by atoms with Crippen LogP contribution in [0.5, 0.6) is 0 Å². The first-order valence-electron chi connectivity index (χ1n) is 27.6. The maximum atomic E-state index is 12.8. The van der Waals surface area contributed by atoms with Gasteiger partial charge in [-0.1, -0.05) is 266 Å². The summed E-state index contributed by atoms with van der Waals surface area (Å²) in [5.74, 6) is 1.68. The van der Waals surface area contributed by atoms with E-state index in [0.717, 1.165) is 75.5 Å². The van der Waals surface area contributed by atoms with Gasteiger partial charge in [-0.25, -0.2) is 0 Å². The number of hydrogen-bond acceptors (Lipinski definition) is 6. The van der Waals surface area contributed by atoms with Crippen LogP contribution in [0.15, 0.2) is 0 Å². The smallest absolute Gasteiger partial charge is 0.306 e. The first-order chi connectivity index (χ1) is 30.1. The normalized spacial score (nSPS) is 12.6. The summed E-state index contributed by atoms with van der Waals surface area (Å²) in [5, 5.41) is 0. The fourth-order valence-electron chi connectivity index (χ4n) is 8.44. The lowest BCUT2D eigenvalue weighted by Gasteiger charge is -2.18. The van der Waals surface area contributed by atoms with E-state index in [9.17, 15) is 14.4 Å². The van der Waals surface area contributed by atoms with Gasteiger partial charge in [0.1, 0.15) is 13.2 Å². The number of unbranched alkanes of at least 4 members (excludes halogenated alkanes) is 31. The molecule has 6 nitrogen and oxygen atoms in total. The summed E-state index contributed by atoms with van der Waals surface area (Å²) in [6.07, 6.45) is 48.0. The molecule has 1 unspecified atom stereocenters. The summed E-state index contributed by atoms with van der Waals surface area (Å²) < 4.78 is 16.9. The van der Waals surface area contributed by atoms with Crippen LogP contribution in [0.25, 0.3) is 0 Å². The molecule has 0 aliphatic carbocycles. The molecule has 0 N–H and O–H groups in total. The van der Waals surface area contributed by atoms with Crippen molar-refractivity contribution in [3.63, 3.8) is 0 Å². The van der Waals surface area contributed by atoms with Gasteiger partial charge in [-0.15, -0.1) is 0 Å². The molecule has 0 radical (unpaired) electrons. The van der Waals surface area contributed by atoms with Crippen LogP contribution < -0.4 is 0 Å². The molecular formula is C56H108O6. The molecule has 62 heavy (non-hydrogen) atoms. The molecular weight excluding hydrogens is 769 g/mol. The standard InChI is InChI=1S/C56H108O6/c1-7-52(6)44-38-32-26-20-15-16-21-27-33-39-45-54(57)60-48-53(49-61-55(58)46-40-34-28-23-17-19-25-31-37-43-51(4)5)62-56(59)47-41-35-29-22-14-12-10-8-9-11-13-18-24-30-36-42-50(2)3/h50-53H,7-49H2,1-6H3/t52?,53-/m0/s1. The summed E-state index contributed by atoms with van der Waals surface area (Å²) in [6.45, 7) is 13.8. The Morgan fingerprint density at radius 1 is 0.323 bits per heavy atom. The number of ether oxygens (including phenoxy) is 3. The van der Waals surface area contributed by atoms with Crippen molar-refractivity contribution in [2.24, 2.45) is 17.8 Å². The van der Waals surface area contributed by atoms with Crippen molar-refractivity contribution < 1.29 is 28.6 Å². The average Bonchev–Trinajstić information content (AvgIpc) is 3.24. The van der Waals surface area contributed by atoms with Gasteiger partial charge in [0.2, 0.25) is 0 Å². The van der Waals surface area contributed by atoms with Gasteiger partial charge < -0.3 is 14.2 Å². The van der Waals surface area contributed by atoms with Crippen LogP contribution in [-0.2, 0) is 28.6 Å². The van der Waals surface area contributed by atoms with Crippen LogP contribution in [0.4, 0.5) is 0 Å². The Bertz CT molecular complexity index is 962. The molecule has 2 atom stereocenters. The maximum absolute atomic E-state index is 12.8. The minimum Gasteiger partial charge on any atom is -0.462 e. The second kappa shape index (κ2) is 47.4. The number of carbonyl (C=O) groups is 3. The quantitative estimate of drug-likeness (QED) is 0.0344. The molecule has 368 valence electrons. The highest BCUT2D eigenvalue weighted by molar-refractivity contribution is 5.71. The highest BCUT2D eigenvalue weighted by Gasteiger charge is 2.19. The van der Waals surface area contributed by atoms with Gasteiger partial charge in [-0.05, 0) is 37.0 Å². The van der Waals surface area contributed by atoms with E-state index >= 15 is 0 Å². The second-order valence-corrected chi connectivity index (χ2v) is 20.4. The van der Waals surface area contributed by atoms with Gasteiger partial charge in [-0.2, -0.15) is 0 Å². The van der Waals surface area contributed by atoms with E-state index in [1.807, 2.05) is 0 Å². The number of rotatable bonds is 49. The van der Waals surface area contributed by atoms with E-state index in [1.54, 1.807) is 0 Å². The molecule has 0 saturated carbocycles. The lowest BCUT2D eigenvalue weighted by Crippen LogP contribution is -2.30. The fraction of sp³-hybridized carbons (Fsp3) is 0.946. The molecule has 0 aromatic rings. The van der Waals surface area contributed by atoms with Crippen molar-refractivity contribution in [3.8, 4) is 0 Å². The summed E-state index contributed by atoms with van der Waals surface area (Å²) >= 11 is 0. The number of esters is 3. The van der Waals surface area contributed by atoms with Crippen LogP contribution in [0.2, 0.25) is 0 Å². The van der Waals surface area contributed by atoms with Crippen molar-refractivity contribution in [1.29, 1.82) is 0 Å². The monoisotopic (exact) mass is 877 g/mol. The molecule has 6 heteroatoms. The van der Waals surface area contributed by atoms with E-state index in [2.05, 4.69) is 41.5 Å². The van der Waals surface area contributed by atoms with Crippen LogP contribution in [0, 0.1) is 17.8 Å². The molecule has 0 rings (SSSR count). The summed E-state index contributed by atoms with van der Waals surface area (Å²) in [4.78, 5) is 38.0. The summed E-state index contributed by atoms with van der Waals surface area (Å²) in [6, 6.07) is 0. The van der Waals surface area contributed by atoms with E-state index < -0.39 is 6.10 Å². The molecule has 0 aliphatic rings. The van der Waals surface area contributed by atoms with Gasteiger partial charge in [0.15, 0.2) is 6.10 Å². The fourth-order valence-corrected chi connectivity index (χ4v) is 8.44. The molecule has 0 aromatic heterocycles. The SMILES string of the molecule is CCC(C)CCCCCCCCCCCCC(=O)OC[C@@H](COC(=O)CCCCCCCCCCCC(C)C)OC(=O)CCCCCCCCCCCCCCCCCC(C)C. The van der Waals surface area contributed by atoms with E-state index in [4.69, 9.17) is 14.2 Å². The largest absolute Gasteiger partial charge is 0.462 e. The van der Waals surface area contributed by atoms with Crippen molar-refractivity contribution in [3.05, 3.63) is 0 Å². The van der Waals surface area contributed by atoms with Crippen molar-refractivity contribution in [2.45, 2.75) is 311 Å². The van der Waals surface area contributed by atoms with Crippen molar-refractivity contribution in [2.75, 3.05) is 13.2 Å². The minimum atomic E-state index is -0.763. The zero-order valence-corrected chi connectivity index (χ0v) is 42.7. The minimum absolute atomic E-state index is 0.0644. The Labute approximate surface area is 387 Å². The van der Waals surface area contributed by atoms with E-state index in [1.165, 1.54) is 186 Å². The molecule has 0 aliphatic heterocycles. The third-order valence-corrected chi connectivity index (χ3v) is 13.0. The maximum Gasteiger partial charge on any atom is 0.306 e. The molecule has 0 aromatic carbocycles. The van der Waals surface area contributed by atoms with Gasteiger partial charge in [-0.3, -0.25) is 14.4 Å². The highest BCUT2D eigenvalue weighted by atomic mass is 16.6. The zero-order chi connectivity index (χ0) is 45.6. The summed E-state index contributed by atoms with van der Waals surface area (Å²) in [5.41, 5.74) is 0. The predicted molar refractivity (Wildman–Crippen MR) is 266 cm³/mol. The van der Waals surface area contributed by atoms with Crippen LogP contribution in [-0.4, -0.2) is 37.2 Å². The Morgan fingerprint density at radius 2 is 0.565 bits per heavy atom. The predicted octanol–water partition coefficient (Wildman–Crippen LogP) is 17.9. The third-order valence-electron chi connectivity index (χ3n) is 13.0. The Hall–Kier alpha value is -1.59. The first kappa shape index (κ1) is 60.4. The van der Waals surface area contributed by atoms with Gasteiger partial charge >= 0.3 is 17.9 Å². The lowest BCUT2D eigenvalue weighted by molar-refractivity contribution is -0.167. The van der Waals surface area contributed by atoms with Crippen LogP contribution in [0.3, 0.4) is 0 Å². The Balaban J connectivity index is 4.30. The van der Waals surface area contributed by atoms with Gasteiger partial charge in [0.05, 0.1) is 0 Å². The number of carbonyl (C=O) groups excluding carboxylic acids is 3. The molecule has 0 amide bonds. The molecule has 0 heterocycles. The molecule has 0 fully saturated rings.